The first-order chi connectivity index (χ1) is 16.3. The van der Waals surface area contributed by atoms with E-state index in [1.54, 1.807) is 53.4 Å². The number of hydrogen-bond acceptors (Lipinski definition) is 5. The lowest BCUT2D eigenvalue weighted by molar-refractivity contribution is 0.0717. The zero-order valence-corrected chi connectivity index (χ0v) is 19.3. The molecule has 4 aromatic rings. The normalized spacial score (nSPS) is 11.2. The summed E-state index contributed by atoms with van der Waals surface area (Å²) in [7, 11) is -4.15. The summed E-state index contributed by atoms with van der Waals surface area (Å²) in [5.74, 6) is -0.145. The number of carbonyl (C=O) groups excluding carboxylic acids is 1. The first-order valence-electron chi connectivity index (χ1n) is 10.2. The van der Waals surface area contributed by atoms with Crippen LogP contribution in [0.4, 0.5) is 4.39 Å². The van der Waals surface area contributed by atoms with Crippen LogP contribution in [0.5, 0.6) is 5.75 Å². The first-order valence-corrected chi connectivity index (χ1v) is 11.9. The molecule has 0 radical (unpaired) electrons. The lowest BCUT2D eigenvalue weighted by Crippen LogP contribution is -2.30. The van der Waals surface area contributed by atoms with Crippen molar-refractivity contribution in [3.8, 4) is 5.75 Å². The van der Waals surface area contributed by atoms with Gasteiger partial charge in [0, 0.05) is 17.1 Å². The van der Waals surface area contributed by atoms with Crippen LogP contribution in [0.25, 0.3) is 0 Å². The molecule has 0 unspecified atom stereocenters. The number of nitrogens with zero attached hydrogens (tertiary/aromatic N) is 1. The second-order valence-electron chi connectivity index (χ2n) is 7.39. The van der Waals surface area contributed by atoms with Crippen molar-refractivity contribution < 1.29 is 26.2 Å². The lowest BCUT2D eigenvalue weighted by atomic mass is 10.1. The van der Waals surface area contributed by atoms with E-state index in [1.165, 1.54) is 18.4 Å². The van der Waals surface area contributed by atoms with Gasteiger partial charge in [-0.3, -0.25) is 4.79 Å². The standard InChI is InChI=1S/C25H19ClFNO5S/c26-20-8-6-19(7-9-20)25(29)28(17-23-5-2-14-32-23)16-18-3-1-4-22(15-18)33-34(30,31)24-12-10-21(27)11-13-24/h1-15H,16-17H2. The molecule has 4 rings (SSSR count). The predicted molar refractivity (Wildman–Crippen MR) is 124 cm³/mol. The molecule has 0 saturated heterocycles. The Labute approximate surface area is 201 Å². The van der Waals surface area contributed by atoms with Crippen LogP contribution in [0.3, 0.4) is 0 Å². The van der Waals surface area contributed by atoms with Crippen molar-refractivity contribution in [3.63, 3.8) is 0 Å². The third-order valence-corrected chi connectivity index (χ3v) is 6.40. The Kier molecular flexibility index (Phi) is 7.00. The van der Waals surface area contributed by atoms with Gasteiger partial charge in [0.2, 0.25) is 0 Å². The average molecular weight is 500 g/mol. The van der Waals surface area contributed by atoms with Gasteiger partial charge in [-0.25, -0.2) is 4.39 Å². The highest BCUT2D eigenvalue weighted by molar-refractivity contribution is 7.87. The van der Waals surface area contributed by atoms with Crippen LogP contribution in [0.2, 0.25) is 5.02 Å². The number of furan rings is 1. The second-order valence-corrected chi connectivity index (χ2v) is 9.37. The highest BCUT2D eigenvalue weighted by Gasteiger charge is 2.20. The largest absolute Gasteiger partial charge is 0.467 e. The number of carbonyl (C=O) groups is 1. The summed E-state index contributed by atoms with van der Waals surface area (Å²) in [6, 6.07) is 20.8. The van der Waals surface area contributed by atoms with E-state index in [2.05, 4.69) is 0 Å². The molecule has 1 amide bonds. The first kappa shape index (κ1) is 23.5. The molecule has 3 aromatic carbocycles. The van der Waals surface area contributed by atoms with E-state index in [1.807, 2.05) is 0 Å². The van der Waals surface area contributed by atoms with Gasteiger partial charge in [-0.15, -0.1) is 0 Å². The van der Waals surface area contributed by atoms with E-state index >= 15 is 0 Å². The number of halogens is 2. The maximum absolute atomic E-state index is 13.2. The number of rotatable bonds is 8. The minimum Gasteiger partial charge on any atom is -0.467 e. The minimum atomic E-state index is -4.15. The second kappa shape index (κ2) is 10.1. The van der Waals surface area contributed by atoms with E-state index in [9.17, 15) is 17.6 Å². The van der Waals surface area contributed by atoms with Crippen molar-refractivity contribution in [1.29, 1.82) is 0 Å². The molecule has 34 heavy (non-hydrogen) atoms. The van der Waals surface area contributed by atoms with E-state index in [0.717, 1.165) is 24.3 Å². The third kappa shape index (κ3) is 5.84. The SMILES string of the molecule is O=C(c1ccc(Cl)cc1)N(Cc1cccc(OS(=O)(=O)c2ccc(F)cc2)c1)Cc1ccco1. The fourth-order valence-corrected chi connectivity index (χ4v) is 4.31. The maximum Gasteiger partial charge on any atom is 0.339 e. The molecule has 6 nitrogen and oxygen atoms in total. The van der Waals surface area contributed by atoms with Gasteiger partial charge in [0.25, 0.3) is 5.91 Å². The van der Waals surface area contributed by atoms with Crippen LogP contribution < -0.4 is 4.18 Å². The highest BCUT2D eigenvalue weighted by atomic mass is 35.5. The number of amides is 1. The molecule has 9 heteroatoms. The smallest absolute Gasteiger partial charge is 0.339 e. The van der Waals surface area contributed by atoms with Gasteiger partial charge in [-0.1, -0.05) is 23.7 Å². The summed E-state index contributed by atoms with van der Waals surface area (Å²) in [4.78, 5) is 14.6. The van der Waals surface area contributed by atoms with Crippen LogP contribution in [0.15, 0.2) is 101 Å². The summed E-state index contributed by atoms with van der Waals surface area (Å²) in [5, 5.41) is 0.515. The number of benzene rings is 3. The van der Waals surface area contributed by atoms with Crippen molar-refractivity contribution in [1.82, 2.24) is 4.90 Å². The Bertz CT molecular complexity index is 1370. The Morgan fingerprint density at radius 1 is 0.941 bits per heavy atom. The van der Waals surface area contributed by atoms with Crippen molar-refractivity contribution >= 4 is 27.6 Å². The summed E-state index contributed by atoms with van der Waals surface area (Å²) in [6.45, 7) is 0.364. The Morgan fingerprint density at radius 3 is 2.35 bits per heavy atom. The predicted octanol–water partition coefficient (Wildman–Crippen LogP) is 5.68. The molecule has 0 saturated carbocycles. The van der Waals surface area contributed by atoms with Gasteiger partial charge >= 0.3 is 10.1 Å². The molecule has 0 atom stereocenters. The van der Waals surface area contributed by atoms with Crippen LogP contribution in [0, 0.1) is 5.82 Å². The van der Waals surface area contributed by atoms with Gasteiger partial charge < -0.3 is 13.5 Å². The van der Waals surface area contributed by atoms with Gasteiger partial charge in [0.1, 0.15) is 22.2 Å². The molecule has 0 spiro atoms. The molecule has 1 aromatic heterocycles. The lowest BCUT2D eigenvalue weighted by Gasteiger charge is -2.22. The van der Waals surface area contributed by atoms with E-state index in [-0.39, 0.29) is 29.6 Å². The minimum absolute atomic E-state index is 0.0683. The molecule has 174 valence electrons. The van der Waals surface area contributed by atoms with Crippen molar-refractivity contribution in [2.45, 2.75) is 18.0 Å². The van der Waals surface area contributed by atoms with E-state index in [4.69, 9.17) is 20.2 Å². The molecule has 0 aliphatic carbocycles. The van der Waals surface area contributed by atoms with Crippen molar-refractivity contribution in [3.05, 3.63) is 119 Å². The fourth-order valence-electron chi connectivity index (χ4n) is 3.26. The fraction of sp³-hybridized carbons (Fsp3) is 0.0800. The van der Waals surface area contributed by atoms with Crippen molar-refractivity contribution in [2.24, 2.45) is 0 Å². The Hall–Kier alpha value is -3.62. The summed E-state index contributed by atoms with van der Waals surface area (Å²) in [6.07, 6.45) is 1.52. The van der Waals surface area contributed by atoms with Crippen LogP contribution in [0.1, 0.15) is 21.7 Å². The monoisotopic (exact) mass is 499 g/mol. The molecule has 0 aliphatic heterocycles. The molecular weight excluding hydrogens is 481 g/mol. The Morgan fingerprint density at radius 2 is 1.68 bits per heavy atom. The van der Waals surface area contributed by atoms with Gasteiger partial charge in [-0.2, -0.15) is 8.42 Å². The topological polar surface area (TPSA) is 76.8 Å². The third-order valence-electron chi connectivity index (χ3n) is 4.89. The van der Waals surface area contributed by atoms with Crippen molar-refractivity contribution in [2.75, 3.05) is 0 Å². The van der Waals surface area contributed by atoms with Gasteiger partial charge in [0.15, 0.2) is 0 Å². The maximum atomic E-state index is 13.2. The highest BCUT2D eigenvalue weighted by Crippen LogP contribution is 2.22. The molecule has 0 aliphatic rings. The summed E-state index contributed by atoms with van der Waals surface area (Å²) < 4.78 is 48.9. The summed E-state index contributed by atoms with van der Waals surface area (Å²) >= 11 is 5.94. The average Bonchev–Trinajstić information content (AvgIpc) is 3.32. The molecule has 0 N–H and O–H groups in total. The zero-order valence-electron chi connectivity index (χ0n) is 17.7. The molecule has 1 heterocycles. The quantitative estimate of drug-likeness (QED) is 0.291. The molecular formula is C25H19ClFNO5S. The van der Waals surface area contributed by atoms with Gasteiger partial charge in [0.05, 0.1) is 12.8 Å². The summed E-state index contributed by atoms with van der Waals surface area (Å²) in [5.41, 5.74) is 1.09. The molecule has 0 fully saturated rings. The van der Waals surface area contributed by atoms with Crippen LogP contribution in [-0.2, 0) is 23.2 Å². The van der Waals surface area contributed by atoms with E-state index < -0.39 is 15.9 Å². The van der Waals surface area contributed by atoms with Gasteiger partial charge in [-0.05, 0) is 78.4 Å². The van der Waals surface area contributed by atoms with Crippen LogP contribution >= 0.6 is 11.6 Å². The number of hydrogen-bond donors (Lipinski definition) is 0. The van der Waals surface area contributed by atoms with E-state index in [0.29, 0.717) is 21.9 Å². The molecule has 0 bridgehead atoms. The zero-order chi connectivity index (χ0) is 24.1. The van der Waals surface area contributed by atoms with Crippen LogP contribution in [-0.4, -0.2) is 19.2 Å². The Balaban J connectivity index is 1.56.